The standard InChI is InChI=1S/C12H15O2/c1-12(2,3)14-11(13)9-10-7-5-4-6-8-10/h5-8H,9H2,1-3H3. The Morgan fingerprint density at radius 3 is 2.43 bits per heavy atom. The molecule has 2 heteroatoms. The van der Waals surface area contributed by atoms with Crippen molar-refractivity contribution in [3.05, 3.63) is 35.9 Å². The van der Waals surface area contributed by atoms with Crippen LogP contribution in [0.25, 0.3) is 0 Å². The van der Waals surface area contributed by atoms with E-state index in [2.05, 4.69) is 6.07 Å². The maximum Gasteiger partial charge on any atom is 0.310 e. The third kappa shape index (κ3) is 4.08. The van der Waals surface area contributed by atoms with Gasteiger partial charge in [-0.15, -0.1) is 0 Å². The molecule has 0 atom stereocenters. The van der Waals surface area contributed by atoms with Crippen LogP contribution < -0.4 is 0 Å². The van der Waals surface area contributed by atoms with Gasteiger partial charge in [0, 0.05) is 0 Å². The number of rotatable bonds is 2. The maximum absolute atomic E-state index is 11.4. The molecule has 75 valence electrons. The van der Waals surface area contributed by atoms with Gasteiger partial charge in [0.25, 0.3) is 0 Å². The van der Waals surface area contributed by atoms with Crippen LogP contribution in [0.5, 0.6) is 0 Å². The van der Waals surface area contributed by atoms with E-state index < -0.39 is 5.60 Å². The summed E-state index contributed by atoms with van der Waals surface area (Å²) in [5.74, 6) is -0.191. The highest BCUT2D eigenvalue weighted by Gasteiger charge is 2.15. The Bertz CT molecular complexity index is 296. The zero-order valence-corrected chi connectivity index (χ0v) is 8.83. The first kappa shape index (κ1) is 10.8. The van der Waals surface area contributed by atoms with E-state index in [0.29, 0.717) is 6.42 Å². The molecule has 0 spiro atoms. The molecule has 0 aliphatic carbocycles. The molecule has 2 nitrogen and oxygen atoms in total. The molecule has 0 aromatic heterocycles. The largest absolute Gasteiger partial charge is 0.460 e. The van der Waals surface area contributed by atoms with Crippen molar-refractivity contribution in [2.24, 2.45) is 0 Å². The van der Waals surface area contributed by atoms with Gasteiger partial charge in [0.15, 0.2) is 0 Å². The van der Waals surface area contributed by atoms with Crippen molar-refractivity contribution in [2.75, 3.05) is 0 Å². The van der Waals surface area contributed by atoms with Gasteiger partial charge in [-0.3, -0.25) is 4.79 Å². The van der Waals surface area contributed by atoms with Crippen molar-refractivity contribution in [1.82, 2.24) is 0 Å². The summed E-state index contributed by atoms with van der Waals surface area (Å²) >= 11 is 0. The molecule has 0 fully saturated rings. The van der Waals surface area contributed by atoms with Crippen LogP contribution >= 0.6 is 0 Å². The average molecular weight is 191 g/mol. The lowest BCUT2D eigenvalue weighted by Crippen LogP contribution is -2.24. The Hall–Kier alpha value is -1.31. The van der Waals surface area contributed by atoms with Gasteiger partial charge in [-0.1, -0.05) is 24.3 Å². The van der Waals surface area contributed by atoms with Gasteiger partial charge in [-0.25, -0.2) is 0 Å². The molecule has 0 N–H and O–H groups in total. The van der Waals surface area contributed by atoms with E-state index in [1.165, 1.54) is 0 Å². The van der Waals surface area contributed by atoms with E-state index in [4.69, 9.17) is 4.74 Å². The number of hydrogen-bond donors (Lipinski definition) is 0. The van der Waals surface area contributed by atoms with Crippen LogP contribution in [-0.2, 0) is 16.0 Å². The molecule has 0 heterocycles. The van der Waals surface area contributed by atoms with Crippen molar-refractivity contribution in [1.29, 1.82) is 0 Å². The molecule has 0 amide bonds. The SMILES string of the molecule is CC(C)(C)OC(=O)Cc1cc[c]cc1. The smallest absolute Gasteiger partial charge is 0.310 e. The number of hydrogen-bond acceptors (Lipinski definition) is 2. The van der Waals surface area contributed by atoms with Crippen LogP contribution in [0.3, 0.4) is 0 Å². The average Bonchev–Trinajstić information content (AvgIpc) is 2.02. The lowest BCUT2D eigenvalue weighted by molar-refractivity contribution is -0.153. The minimum absolute atomic E-state index is 0.191. The second-order valence-corrected chi connectivity index (χ2v) is 4.17. The molecule has 1 aromatic rings. The highest BCUT2D eigenvalue weighted by molar-refractivity contribution is 5.72. The number of benzene rings is 1. The normalized spacial score (nSPS) is 11.1. The molecule has 0 unspecified atom stereocenters. The van der Waals surface area contributed by atoms with Crippen molar-refractivity contribution in [3.8, 4) is 0 Å². The van der Waals surface area contributed by atoms with E-state index in [-0.39, 0.29) is 5.97 Å². The second-order valence-electron chi connectivity index (χ2n) is 4.17. The summed E-state index contributed by atoms with van der Waals surface area (Å²) in [5.41, 5.74) is 0.552. The van der Waals surface area contributed by atoms with Gasteiger partial charge in [0.05, 0.1) is 6.42 Å². The summed E-state index contributed by atoms with van der Waals surface area (Å²) in [7, 11) is 0. The highest BCUT2D eigenvalue weighted by atomic mass is 16.6. The summed E-state index contributed by atoms with van der Waals surface area (Å²) in [6, 6.07) is 10.2. The van der Waals surface area contributed by atoms with Gasteiger partial charge >= 0.3 is 5.97 Å². The number of ether oxygens (including phenoxy) is 1. The fourth-order valence-corrected chi connectivity index (χ4v) is 1.08. The molecular formula is C12H15O2. The molecule has 0 aliphatic heterocycles. The third-order valence-electron chi connectivity index (χ3n) is 1.56. The first-order chi connectivity index (χ1) is 6.47. The minimum Gasteiger partial charge on any atom is -0.460 e. The Kier molecular flexibility index (Phi) is 3.28. The van der Waals surface area contributed by atoms with Gasteiger partial charge < -0.3 is 4.74 Å². The Balaban J connectivity index is 2.50. The minimum atomic E-state index is -0.405. The number of carbonyl (C=O) groups excluding carboxylic acids is 1. The van der Waals surface area contributed by atoms with E-state index >= 15 is 0 Å². The molecule has 1 radical (unpaired) electrons. The van der Waals surface area contributed by atoms with Crippen LogP contribution in [0, 0.1) is 6.07 Å². The Labute approximate surface area is 84.9 Å². The number of carbonyl (C=O) groups is 1. The molecular weight excluding hydrogens is 176 g/mol. The predicted octanol–water partition coefficient (Wildman–Crippen LogP) is 2.37. The first-order valence-corrected chi connectivity index (χ1v) is 4.64. The van der Waals surface area contributed by atoms with E-state index in [1.54, 1.807) is 12.1 Å². The summed E-state index contributed by atoms with van der Waals surface area (Å²) in [6.07, 6.45) is 0.325. The van der Waals surface area contributed by atoms with Gasteiger partial charge in [-0.2, -0.15) is 0 Å². The van der Waals surface area contributed by atoms with Gasteiger partial charge in [-0.05, 0) is 32.4 Å². The Morgan fingerprint density at radius 1 is 1.36 bits per heavy atom. The van der Waals surface area contributed by atoms with Crippen LogP contribution in [0.4, 0.5) is 0 Å². The Morgan fingerprint density at radius 2 is 1.93 bits per heavy atom. The fourth-order valence-electron chi connectivity index (χ4n) is 1.08. The zero-order chi connectivity index (χ0) is 10.6. The first-order valence-electron chi connectivity index (χ1n) is 4.64. The highest BCUT2D eigenvalue weighted by Crippen LogP contribution is 2.09. The van der Waals surface area contributed by atoms with E-state index in [9.17, 15) is 4.79 Å². The van der Waals surface area contributed by atoms with E-state index in [1.807, 2.05) is 32.9 Å². The van der Waals surface area contributed by atoms with Crippen LogP contribution in [-0.4, -0.2) is 11.6 Å². The summed E-state index contributed by atoms with van der Waals surface area (Å²) < 4.78 is 5.19. The maximum atomic E-state index is 11.4. The van der Waals surface area contributed by atoms with Crippen molar-refractivity contribution in [2.45, 2.75) is 32.8 Å². The van der Waals surface area contributed by atoms with Crippen LogP contribution in [0.1, 0.15) is 26.3 Å². The topological polar surface area (TPSA) is 26.3 Å². The third-order valence-corrected chi connectivity index (χ3v) is 1.56. The van der Waals surface area contributed by atoms with Crippen molar-refractivity contribution >= 4 is 5.97 Å². The molecule has 14 heavy (non-hydrogen) atoms. The molecule has 0 saturated heterocycles. The molecule has 0 saturated carbocycles. The molecule has 0 bridgehead atoms. The van der Waals surface area contributed by atoms with Crippen LogP contribution in [0.15, 0.2) is 24.3 Å². The molecule has 1 aromatic carbocycles. The van der Waals surface area contributed by atoms with Crippen LogP contribution in [0.2, 0.25) is 0 Å². The van der Waals surface area contributed by atoms with E-state index in [0.717, 1.165) is 5.56 Å². The summed E-state index contributed by atoms with van der Waals surface area (Å²) in [4.78, 5) is 11.4. The fraction of sp³-hybridized carbons (Fsp3) is 0.417. The monoisotopic (exact) mass is 191 g/mol. The molecule has 0 aliphatic rings. The zero-order valence-electron chi connectivity index (χ0n) is 8.83. The summed E-state index contributed by atoms with van der Waals surface area (Å²) in [6.45, 7) is 5.59. The second kappa shape index (κ2) is 4.27. The van der Waals surface area contributed by atoms with Gasteiger partial charge in [0.2, 0.25) is 0 Å². The van der Waals surface area contributed by atoms with Crippen molar-refractivity contribution < 1.29 is 9.53 Å². The van der Waals surface area contributed by atoms with Gasteiger partial charge in [0.1, 0.15) is 5.60 Å². The molecule has 1 rings (SSSR count). The lowest BCUT2D eigenvalue weighted by atomic mass is 10.1. The predicted molar refractivity (Wildman–Crippen MR) is 54.8 cm³/mol. The van der Waals surface area contributed by atoms with Crippen molar-refractivity contribution in [3.63, 3.8) is 0 Å². The summed E-state index contributed by atoms with van der Waals surface area (Å²) in [5, 5.41) is 0. The quantitative estimate of drug-likeness (QED) is 0.671. The lowest BCUT2D eigenvalue weighted by Gasteiger charge is -2.19. The number of esters is 1.